The summed E-state index contributed by atoms with van der Waals surface area (Å²) in [5.41, 5.74) is 5.39. The largest absolute Gasteiger partial charge is 0.490 e. The molecule has 1 aromatic carbocycles. The third kappa shape index (κ3) is 16.7. The van der Waals surface area contributed by atoms with E-state index in [1.165, 1.54) is 61.9 Å². The number of benzene rings is 1. The highest BCUT2D eigenvalue weighted by Crippen LogP contribution is 2.33. The predicted molar refractivity (Wildman–Crippen MR) is 190 cm³/mol. The molecule has 1 aliphatic heterocycles. The molecule has 0 aromatic heterocycles. The maximum atomic E-state index is 12.2. The molecule has 0 bridgehead atoms. The number of nitrogens with one attached hydrogen (secondary N) is 2. The summed E-state index contributed by atoms with van der Waals surface area (Å²) in [6.07, 6.45) is 3.02. The number of carbonyl (C=O) groups excluding carboxylic acids is 3. The van der Waals surface area contributed by atoms with E-state index in [1.807, 2.05) is 12.5 Å². The van der Waals surface area contributed by atoms with Crippen LogP contribution in [-0.4, -0.2) is 129 Å². The van der Waals surface area contributed by atoms with Gasteiger partial charge in [-0.1, -0.05) is 66.9 Å². The zero-order chi connectivity index (χ0) is 33.6. The molecule has 46 heavy (non-hydrogen) atoms. The van der Waals surface area contributed by atoms with E-state index in [0.717, 1.165) is 0 Å². The maximum absolute atomic E-state index is 12.2. The van der Waals surface area contributed by atoms with Gasteiger partial charge in [-0.2, -0.15) is 5.82 Å². The summed E-state index contributed by atoms with van der Waals surface area (Å²) >= 11 is 1.19. The summed E-state index contributed by atoms with van der Waals surface area (Å²) < 4.78 is 28.8. The standard InChI is InChI=1S/C28H41BN3O9S5/c1-19(34)44-18-25(46-43-3)41-26-22(15-33)40-27(26)29-8-5-10-31-23(35)16-37-12-13-38-24(45-42-2)17-39-21-7-4-6-20(14-21)28(36)32-11-9-30/h4,6-7,14,22,24-27,33H,9-13,15-18,30H2,1-3H3,(H,31,35)(H,32,36)/t22?,24?,25-,26?,27?/m0/s1. The van der Waals surface area contributed by atoms with Crippen LogP contribution in [0.2, 0.25) is 0 Å². The van der Waals surface area contributed by atoms with Gasteiger partial charge in [-0.15, -0.1) is 0 Å². The fraction of sp³-hybridized carbons (Fsp3) is 0.607. The first-order valence-electron chi connectivity index (χ1n) is 14.2. The zero-order valence-electron chi connectivity index (χ0n) is 26.0. The highest BCUT2D eigenvalue weighted by Gasteiger charge is 2.44. The fourth-order valence-corrected chi connectivity index (χ4v) is 7.67. The molecule has 1 heterocycles. The van der Waals surface area contributed by atoms with Gasteiger partial charge in [0.25, 0.3) is 13.2 Å². The molecule has 255 valence electrons. The van der Waals surface area contributed by atoms with E-state index in [1.54, 1.807) is 31.5 Å². The van der Waals surface area contributed by atoms with Gasteiger partial charge < -0.3 is 45.2 Å². The number of ether oxygens (including phenoxy) is 5. The number of carbonyl (C=O) groups is 3. The van der Waals surface area contributed by atoms with E-state index in [-0.39, 0.29) is 73.5 Å². The van der Waals surface area contributed by atoms with Crippen molar-refractivity contribution in [1.82, 2.24) is 10.6 Å². The number of rotatable bonds is 23. The lowest BCUT2D eigenvalue weighted by atomic mass is 9.66. The molecule has 0 saturated carbocycles. The van der Waals surface area contributed by atoms with Crippen LogP contribution in [0, 0.1) is 11.7 Å². The van der Waals surface area contributed by atoms with Crippen LogP contribution in [-0.2, 0) is 28.5 Å². The molecule has 1 aliphatic rings. The average molecular weight is 735 g/mol. The van der Waals surface area contributed by atoms with Crippen molar-refractivity contribution in [2.45, 2.75) is 36.0 Å². The Labute approximate surface area is 291 Å². The first-order chi connectivity index (χ1) is 22.3. The summed E-state index contributed by atoms with van der Waals surface area (Å²) in [6.45, 7) is 2.79. The van der Waals surface area contributed by atoms with Crippen molar-refractivity contribution >= 4 is 79.1 Å². The molecule has 5 N–H and O–H groups in total. The molecule has 12 nitrogen and oxygen atoms in total. The predicted octanol–water partition coefficient (Wildman–Crippen LogP) is 1.63. The third-order valence-electron chi connectivity index (χ3n) is 5.74. The second-order valence-electron chi connectivity index (χ2n) is 9.18. The first kappa shape index (κ1) is 40.9. The quantitative estimate of drug-likeness (QED) is 0.0421. The van der Waals surface area contributed by atoms with Gasteiger partial charge in [-0.3, -0.25) is 14.4 Å². The second-order valence-corrected chi connectivity index (χ2v) is 15.6. The van der Waals surface area contributed by atoms with Crippen LogP contribution in [0.25, 0.3) is 0 Å². The lowest BCUT2D eigenvalue weighted by molar-refractivity contribution is -0.222. The summed E-state index contributed by atoms with van der Waals surface area (Å²) in [7, 11) is 7.71. The van der Waals surface area contributed by atoms with Crippen molar-refractivity contribution < 1.29 is 43.2 Å². The van der Waals surface area contributed by atoms with E-state index >= 15 is 0 Å². The zero-order valence-corrected chi connectivity index (χ0v) is 30.1. The number of aliphatic hydroxyl groups is 1. The first-order valence-corrected chi connectivity index (χ1v) is 20.5. The van der Waals surface area contributed by atoms with E-state index < -0.39 is 12.1 Å². The molecule has 1 aromatic rings. The summed E-state index contributed by atoms with van der Waals surface area (Å²) in [6, 6.07) is 6.46. The van der Waals surface area contributed by atoms with Gasteiger partial charge in [0.2, 0.25) is 5.91 Å². The normalized spacial score (nSPS) is 18.3. The van der Waals surface area contributed by atoms with E-state index in [0.29, 0.717) is 30.2 Å². The molecule has 18 heteroatoms. The van der Waals surface area contributed by atoms with Crippen molar-refractivity contribution in [3.63, 3.8) is 0 Å². The molecule has 1 fully saturated rings. The average Bonchev–Trinajstić information content (AvgIpc) is 3.04. The Kier molecular flexibility index (Phi) is 22.1. The number of hydrogen-bond donors (Lipinski definition) is 4. The summed E-state index contributed by atoms with van der Waals surface area (Å²) in [5, 5.41) is 15.0. The maximum Gasteiger partial charge on any atom is 0.255 e. The molecule has 2 amide bonds. The van der Waals surface area contributed by atoms with Gasteiger partial charge in [0.15, 0.2) is 5.12 Å². The Hall–Kier alpha value is -1.24. The SMILES string of the molecule is CSSC(COc1cccc(C(=O)NCCN)c1)OCCOCC(=O)NCC#C[B]C1OC(CO)C1O[C@H](CSC(C)=O)SSC. The highest BCUT2D eigenvalue weighted by molar-refractivity contribution is 8.77. The minimum absolute atomic E-state index is 0.0143. The molecule has 2 rings (SSSR count). The molecular weight excluding hydrogens is 693 g/mol. The summed E-state index contributed by atoms with van der Waals surface area (Å²) in [4.78, 5) is 35.6. The van der Waals surface area contributed by atoms with Crippen molar-refractivity contribution in [3.8, 4) is 17.5 Å². The van der Waals surface area contributed by atoms with Gasteiger partial charge in [-0.25, -0.2) is 0 Å². The minimum Gasteiger partial charge on any atom is -0.490 e. The van der Waals surface area contributed by atoms with Crippen LogP contribution >= 0.6 is 54.9 Å². The Morgan fingerprint density at radius 1 is 1.15 bits per heavy atom. The van der Waals surface area contributed by atoms with Crippen LogP contribution < -0.4 is 21.1 Å². The van der Waals surface area contributed by atoms with Crippen LogP contribution in [0.15, 0.2) is 24.3 Å². The Bertz CT molecular complexity index is 1130. The van der Waals surface area contributed by atoms with Gasteiger partial charge in [0.1, 0.15) is 42.0 Å². The molecule has 1 saturated heterocycles. The number of thioether (sulfide) groups is 1. The van der Waals surface area contributed by atoms with Crippen molar-refractivity contribution in [2.75, 3.05) is 70.9 Å². The molecule has 1 radical (unpaired) electrons. The number of amides is 2. The van der Waals surface area contributed by atoms with Gasteiger partial charge in [-0.05, 0) is 30.7 Å². The molecule has 4 unspecified atom stereocenters. The Morgan fingerprint density at radius 3 is 2.65 bits per heavy atom. The third-order valence-corrected chi connectivity index (χ3v) is 10.6. The van der Waals surface area contributed by atoms with Crippen molar-refractivity contribution in [2.24, 2.45) is 5.73 Å². The molecule has 0 aliphatic carbocycles. The topological polar surface area (TPSA) is 168 Å². The van der Waals surface area contributed by atoms with Crippen molar-refractivity contribution in [1.29, 1.82) is 0 Å². The Balaban J connectivity index is 1.64. The van der Waals surface area contributed by atoms with Crippen LogP contribution in [0.5, 0.6) is 5.75 Å². The fourth-order valence-electron chi connectivity index (χ4n) is 3.66. The number of aliphatic hydroxyl groups excluding tert-OH is 1. The van der Waals surface area contributed by atoms with Gasteiger partial charge in [0.05, 0.1) is 32.4 Å². The van der Waals surface area contributed by atoms with Gasteiger partial charge >= 0.3 is 0 Å². The smallest absolute Gasteiger partial charge is 0.255 e. The second kappa shape index (κ2) is 24.8. The molecule has 5 atom stereocenters. The van der Waals surface area contributed by atoms with E-state index in [4.69, 9.17) is 29.4 Å². The lowest BCUT2D eigenvalue weighted by Crippen LogP contribution is -2.60. The number of hydrogen-bond acceptors (Lipinski definition) is 15. The lowest BCUT2D eigenvalue weighted by Gasteiger charge is -2.44. The van der Waals surface area contributed by atoms with Crippen LogP contribution in [0.4, 0.5) is 0 Å². The summed E-state index contributed by atoms with van der Waals surface area (Å²) in [5.74, 6) is 6.22. The molecule has 0 spiro atoms. The monoisotopic (exact) mass is 734 g/mol. The minimum atomic E-state index is -0.461. The van der Waals surface area contributed by atoms with Crippen molar-refractivity contribution in [3.05, 3.63) is 29.8 Å². The highest BCUT2D eigenvalue weighted by atomic mass is 33.1. The van der Waals surface area contributed by atoms with E-state index in [2.05, 4.69) is 22.4 Å². The Morgan fingerprint density at radius 2 is 1.93 bits per heavy atom. The van der Waals surface area contributed by atoms with Crippen LogP contribution in [0.1, 0.15) is 17.3 Å². The number of nitrogens with two attached hydrogens (primary N) is 1. The van der Waals surface area contributed by atoms with Crippen LogP contribution in [0.3, 0.4) is 0 Å². The van der Waals surface area contributed by atoms with E-state index in [9.17, 15) is 19.5 Å². The van der Waals surface area contributed by atoms with Gasteiger partial charge in [0, 0.05) is 31.3 Å². The molecular formula is C28H41BN3O9S5.